The summed E-state index contributed by atoms with van der Waals surface area (Å²) in [7, 11) is 0. The van der Waals surface area contributed by atoms with Gasteiger partial charge in [-0.1, -0.05) is 41.0 Å². The second-order valence-corrected chi connectivity index (χ2v) is 2.32. The van der Waals surface area contributed by atoms with E-state index < -0.39 is 0 Å². The molecule has 50 valence electrons. The van der Waals surface area contributed by atoms with Crippen molar-refractivity contribution in [2.75, 3.05) is 0 Å². The van der Waals surface area contributed by atoms with Gasteiger partial charge in [-0.3, -0.25) is 0 Å². The van der Waals surface area contributed by atoms with Gasteiger partial charge in [0, 0.05) is 0 Å². The molecule has 0 unspecified atom stereocenters. The molecule has 0 saturated carbocycles. The van der Waals surface area contributed by atoms with E-state index in [4.69, 9.17) is 0 Å². The molecule has 0 bridgehead atoms. The highest BCUT2D eigenvalue weighted by Gasteiger charge is 1.69. The standard InChI is InChI=1S/2C4H9/c1-4(2)3;1-3-4-2/h1-3H3;3H,4H2,1-2H3. The molecule has 0 aliphatic heterocycles. The number of rotatable bonds is 1. The lowest BCUT2D eigenvalue weighted by molar-refractivity contribution is 1.10. The Kier molecular flexibility index (Phi) is 13.7. The van der Waals surface area contributed by atoms with Gasteiger partial charge in [0.05, 0.1) is 0 Å². The minimum absolute atomic E-state index is 1.19. The maximum Gasteiger partial charge on any atom is -0.0334 e. The van der Waals surface area contributed by atoms with Crippen LogP contribution in [-0.4, -0.2) is 0 Å². The minimum Gasteiger partial charge on any atom is -0.0651 e. The molecule has 0 heterocycles. The fourth-order valence-electron chi connectivity index (χ4n) is 0. The maximum absolute atomic E-state index is 2.12. The van der Waals surface area contributed by atoms with Crippen molar-refractivity contribution in [2.24, 2.45) is 0 Å². The fraction of sp³-hybridized carbons (Fsp3) is 0.750. The van der Waals surface area contributed by atoms with Gasteiger partial charge < -0.3 is 0 Å². The lowest BCUT2D eigenvalue weighted by Gasteiger charge is -1.78. The first kappa shape index (κ1) is 10.9. The summed E-state index contributed by atoms with van der Waals surface area (Å²) in [5.74, 6) is 1.42. The Bertz CT molecular complexity index is 16.5. The number of unbranched alkanes of at least 4 members (excludes halogenated alkanes) is 1. The van der Waals surface area contributed by atoms with Crippen LogP contribution < -0.4 is 0 Å². The summed E-state index contributed by atoms with van der Waals surface area (Å²) >= 11 is 0. The maximum atomic E-state index is 2.12. The second-order valence-electron chi connectivity index (χ2n) is 2.32. The molecular formula is C8H18. The van der Waals surface area contributed by atoms with Crippen LogP contribution in [0.4, 0.5) is 0 Å². The van der Waals surface area contributed by atoms with Crippen LogP contribution in [0.1, 0.15) is 41.0 Å². The molecule has 0 aliphatic rings. The highest BCUT2D eigenvalue weighted by atomic mass is 13.7. The van der Waals surface area contributed by atoms with Crippen LogP contribution in [0.5, 0.6) is 0 Å². The van der Waals surface area contributed by atoms with E-state index in [9.17, 15) is 0 Å². The van der Waals surface area contributed by atoms with E-state index in [1.807, 2.05) is 0 Å². The normalized spacial score (nSPS) is 8.25. The monoisotopic (exact) mass is 114 g/mol. The molecule has 0 amide bonds. The van der Waals surface area contributed by atoms with E-state index in [-0.39, 0.29) is 0 Å². The summed E-state index contributed by atoms with van der Waals surface area (Å²) in [5.41, 5.74) is 0. The highest BCUT2D eigenvalue weighted by Crippen LogP contribution is 1.85. The summed E-state index contributed by atoms with van der Waals surface area (Å²) in [6, 6.07) is 0. The third-order valence-corrected chi connectivity index (χ3v) is 0.408. The zero-order valence-electron chi connectivity index (χ0n) is 6.78. The zero-order valence-corrected chi connectivity index (χ0v) is 6.78. The van der Waals surface area contributed by atoms with E-state index >= 15 is 0 Å². The molecule has 0 aromatic carbocycles. The molecule has 0 fully saturated rings. The average molecular weight is 114 g/mol. The molecule has 0 aromatic heterocycles. The first-order valence-corrected chi connectivity index (χ1v) is 3.19. The smallest absolute Gasteiger partial charge is 0.0334 e. The van der Waals surface area contributed by atoms with Crippen LogP contribution in [0.15, 0.2) is 0 Å². The molecule has 2 radical (unpaired) electrons. The van der Waals surface area contributed by atoms with Gasteiger partial charge in [0.15, 0.2) is 0 Å². The molecule has 0 heteroatoms. The molecule has 0 N–H and O–H groups in total. The molecule has 0 saturated heterocycles. The highest BCUT2D eigenvalue weighted by molar-refractivity contribution is 4.64. The van der Waals surface area contributed by atoms with Gasteiger partial charge in [-0.05, 0) is 12.3 Å². The van der Waals surface area contributed by atoms with Crippen LogP contribution in [-0.2, 0) is 0 Å². The average Bonchev–Trinajstić information content (AvgIpc) is 1.65. The third kappa shape index (κ3) is 150. The van der Waals surface area contributed by atoms with Gasteiger partial charge in [0.25, 0.3) is 0 Å². The lowest BCUT2D eigenvalue weighted by atomic mass is 10.3. The predicted molar refractivity (Wildman–Crippen MR) is 40.5 cm³/mol. The van der Waals surface area contributed by atoms with Gasteiger partial charge >= 0.3 is 0 Å². The van der Waals surface area contributed by atoms with Crippen molar-refractivity contribution in [1.82, 2.24) is 0 Å². The second kappa shape index (κ2) is 10.1. The van der Waals surface area contributed by atoms with Gasteiger partial charge in [-0.2, -0.15) is 0 Å². The Morgan fingerprint density at radius 1 is 1.25 bits per heavy atom. The van der Waals surface area contributed by atoms with E-state index in [1.54, 1.807) is 0 Å². The molecule has 0 spiro atoms. The van der Waals surface area contributed by atoms with Crippen LogP contribution >= 0.6 is 0 Å². The van der Waals surface area contributed by atoms with Crippen molar-refractivity contribution in [1.29, 1.82) is 0 Å². The Balaban J connectivity index is 0. The van der Waals surface area contributed by atoms with Crippen molar-refractivity contribution < 1.29 is 0 Å². The predicted octanol–water partition coefficient (Wildman–Crippen LogP) is 3.24. The van der Waals surface area contributed by atoms with Crippen molar-refractivity contribution in [2.45, 2.75) is 41.0 Å². The van der Waals surface area contributed by atoms with Crippen molar-refractivity contribution in [3.63, 3.8) is 0 Å². The lowest BCUT2D eigenvalue weighted by Crippen LogP contribution is -1.62. The van der Waals surface area contributed by atoms with Crippen LogP contribution in [0.25, 0.3) is 0 Å². The SMILES string of the molecule is C[CH]CC.C[C](C)C. The topological polar surface area (TPSA) is 0 Å². The first-order chi connectivity index (χ1) is 3.65. The molecule has 0 atom stereocenters. The van der Waals surface area contributed by atoms with Crippen LogP contribution in [0.3, 0.4) is 0 Å². The van der Waals surface area contributed by atoms with E-state index in [0.717, 1.165) is 0 Å². The minimum atomic E-state index is 1.19. The number of hydrogen-bond acceptors (Lipinski definition) is 0. The van der Waals surface area contributed by atoms with Crippen molar-refractivity contribution >= 4 is 0 Å². The molecular weight excluding hydrogens is 96.1 g/mol. The Hall–Kier alpha value is 0. The largest absolute Gasteiger partial charge is 0.0651 e. The van der Waals surface area contributed by atoms with Gasteiger partial charge in [0.1, 0.15) is 0 Å². The van der Waals surface area contributed by atoms with Crippen LogP contribution in [0, 0.1) is 12.3 Å². The Labute approximate surface area is 54.3 Å². The Morgan fingerprint density at radius 2 is 1.38 bits per heavy atom. The summed E-state index contributed by atoms with van der Waals surface area (Å²) in [4.78, 5) is 0. The molecule has 0 rings (SSSR count). The van der Waals surface area contributed by atoms with E-state index in [2.05, 4.69) is 41.0 Å². The molecule has 0 aromatic rings. The van der Waals surface area contributed by atoms with Crippen molar-refractivity contribution in [3.05, 3.63) is 12.3 Å². The molecule has 8 heavy (non-hydrogen) atoms. The van der Waals surface area contributed by atoms with Crippen LogP contribution in [0.2, 0.25) is 0 Å². The molecule has 0 aliphatic carbocycles. The zero-order chi connectivity index (χ0) is 6.99. The quantitative estimate of drug-likeness (QED) is 0.491. The van der Waals surface area contributed by atoms with E-state index in [0.29, 0.717) is 0 Å². The van der Waals surface area contributed by atoms with E-state index in [1.165, 1.54) is 12.3 Å². The summed E-state index contributed by atoms with van der Waals surface area (Å²) in [5, 5.41) is 0. The van der Waals surface area contributed by atoms with Crippen molar-refractivity contribution in [3.8, 4) is 0 Å². The fourth-order valence-corrected chi connectivity index (χ4v) is 0. The number of hydrogen-bond donors (Lipinski definition) is 0. The summed E-state index contributed by atoms with van der Waals surface area (Å²) in [6.45, 7) is 10.4. The molecule has 0 nitrogen and oxygen atoms in total. The third-order valence-electron chi connectivity index (χ3n) is 0.408. The summed E-state index contributed by atoms with van der Waals surface area (Å²) < 4.78 is 0. The first-order valence-electron chi connectivity index (χ1n) is 3.19. The van der Waals surface area contributed by atoms with Gasteiger partial charge in [-0.25, -0.2) is 0 Å². The van der Waals surface area contributed by atoms with Gasteiger partial charge in [0.2, 0.25) is 0 Å². The van der Waals surface area contributed by atoms with Gasteiger partial charge in [-0.15, -0.1) is 0 Å². The summed E-state index contributed by atoms with van der Waals surface area (Å²) in [6.07, 6.45) is 3.32. The Morgan fingerprint density at radius 3 is 1.38 bits per heavy atom.